The molecule has 2 rings (SSSR count). The summed E-state index contributed by atoms with van der Waals surface area (Å²) < 4.78 is 0. The Morgan fingerprint density at radius 2 is 2.00 bits per heavy atom. The first-order valence-electron chi connectivity index (χ1n) is 4.92. The standard InChI is InChI=1S/C12H10N2O2S/c1-17-12-13-7-9(10(14-12)11(15)16)8-5-3-2-4-6-8/h2-7H,1H3,(H,15,16). The summed E-state index contributed by atoms with van der Waals surface area (Å²) in [7, 11) is 0. The van der Waals surface area contributed by atoms with Crippen LogP contribution in [0.2, 0.25) is 0 Å². The highest BCUT2D eigenvalue weighted by molar-refractivity contribution is 7.98. The second kappa shape index (κ2) is 4.97. The van der Waals surface area contributed by atoms with E-state index in [0.717, 1.165) is 5.56 Å². The highest BCUT2D eigenvalue weighted by Gasteiger charge is 2.14. The van der Waals surface area contributed by atoms with E-state index in [4.69, 9.17) is 5.11 Å². The molecule has 0 atom stereocenters. The van der Waals surface area contributed by atoms with Crippen LogP contribution in [0.3, 0.4) is 0 Å². The van der Waals surface area contributed by atoms with E-state index < -0.39 is 5.97 Å². The van der Waals surface area contributed by atoms with Crippen LogP contribution in [-0.2, 0) is 0 Å². The largest absolute Gasteiger partial charge is 0.476 e. The van der Waals surface area contributed by atoms with E-state index in [2.05, 4.69) is 9.97 Å². The van der Waals surface area contributed by atoms with Gasteiger partial charge in [-0.2, -0.15) is 0 Å². The lowest BCUT2D eigenvalue weighted by Gasteiger charge is -2.05. The number of aromatic carboxylic acids is 1. The molecule has 1 N–H and O–H groups in total. The first kappa shape index (κ1) is 11.6. The third-order valence-corrected chi connectivity index (χ3v) is 2.80. The maximum Gasteiger partial charge on any atom is 0.355 e. The number of thioether (sulfide) groups is 1. The van der Waals surface area contributed by atoms with E-state index in [-0.39, 0.29) is 5.69 Å². The molecule has 0 radical (unpaired) electrons. The molecule has 2 aromatic rings. The first-order valence-corrected chi connectivity index (χ1v) is 6.14. The van der Waals surface area contributed by atoms with E-state index in [1.165, 1.54) is 11.8 Å². The zero-order chi connectivity index (χ0) is 12.3. The molecule has 0 unspecified atom stereocenters. The molecule has 0 aliphatic rings. The van der Waals surface area contributed by atoms with Crippen molar-refractivity contribution in [2.75, 3.05) is 6.26 Å². The van der Waals surface area contributed by atoms with Crippen LogP contribution in [0.4, 0.5) is 0 Å². The van der Waals surface area contributed by atoms with Crippen molar-refractivity contribution in [1.29, 1.82) is 0 Å². The molecule has 1 heterocycles. The topological polar surface area (TPSA) is 63.1 Å². The highest BCUT2D eigenvalue weighted by Crippen LogP contribution is 2.23. The fraction of sp³-hybridized carbons (Fsp3) is 0.0833. The Hall–Kier alpha value is -1.88. The number of carbonyl (C=O) groups is 1. The number of aromatic nitrogens is 2. The van der Waals surface area contributed by atoms with E-state index in [1.807, 2.05) is 36.6 Å². The Labute approximate surface area is 103 Å². The van der Waals surface area contributed by atoms with Gasteiger partial charge in [-0.05, 0) is 11.8 Å². The minimum absolute atomic E-state index is 0.0375. The van der Waals surface area contributed by atoms with Crippen LogP contribution in [-0.4, -0.2) is 27.3 Å². The van der Waals surface area contributed by atoms with Gasteiger partial charge in [0.2, 0.25) is 0 Å². The van der Waals surface area contributed by atoms with Gasteiger partial charge in [0, 0.05) is 11.8 Å². The van der Waals surface area contributed by atoms with Gasteiger partial charge in [0.15, 0.2) is 10.9 Å². The van der Waals surface area contributed by atoms with Gasteiger partial charge in [-0.1, -0.05) is 42.1 Å². The molecule has 0 spiro atoms. The van der Waals surface area contributed by atoms with Gasteiger partial charge < -0.3 is 5.11 Å². The summed E-state index contributed by atoms with van der Waals surface area (Å²) in [5.41, 5.74) is 1.38. The minimum atomic E-state index is -1.04. The van der Waals surface area contributed by atoms with E-state index in [0.29, 0.717) is 10.7 Å². The Bertz CT molecular complexity index is 543. The third kappa shape index (κ3) is 2.45. The van der Waals surface area contributed by atoms with Gasteiger partial charge in [-0.3, -0.25) is 0 Å². The molecular formula is C12H10N2O2S. The summed E-state index contributed by atoms with van der Waals surface area (Å²) in [6.07, 6.45) is 3.36. The lowest BCUT2D eigenvalue weighted by Crippen LogP contribution is -2.05. The second-order valence-electron chi connectivity index (χ2n) is 3.29. The van der Waals surface area contributed by atoms with Crippen molar-refractivity contribution in [2.45, 2.75) is 5.16 Å². The lowest BCUT2D eigenvalue weighted by molar-refractivity contribution is 0.0690. The molecule has 1 aromatic heterocycles. The molecule has 0 aliphatic carbocycles. The number of rotatable bonds is 3. The van der Waals surface area contributed by atoms with E-state index in [9.17, 15) is 4.79 Å². The van der Waals surface area contributed by atoms with Gasteiger partial charge >= 0.3 is 5.97 Å². The second-order valence-corrected chi connectivity index (χ2v) is 4.06. The van der Waals surface area contributed by atoms with Crippen LogP contribution < -0.4 is 0 Å². The van der Waals surface area contributed by atoms with Crippen molar-refractivity contribution in [3.05, 3.63) is 42.2 Å². The quantitative estimate of drug-likeness (QED) is 0.666. The Morgan fingerprint density at radius 1 is 1.29 bits per heavy atom. The number of nitrogens with zero attached hydrogens (tertiary/aromatic N) is 2. The minimum Gasteiger partial charge on any atom is -0.476 e. The molecular weight excluding hydrogens is 236 g/mol. The van der Waals surface area contributed by atoms with Crippen molar-refractivity contribution < 1.29 is 9.90 Å². The summed E-state index contributed by atoms with van der Waals surface area (Å²) in [6, 6.07) is 9.25. The van der Waals surface area contributed by atoms with Crippen LogP contribution >= 0.6 is 11.8 Å². The number of carboxylic acid groups (broad SMARTS) is 1. The van der Waals surface area contributed by atoms with Crippen molar-refractivity contribution in [3.8, 4) is 11.1 Å². The zero-order valence-electron chi connectivity index (χ0n) is 9.12. The highest BCUT2D eigenvalue weighted by atomic mass is 32.2. The third-order valence-electron chi connectivity index (χ3n) is 2.24. The van der Waals surface area contributed by atoms with Crippen LogP contribution in [0.1, 0.15) is 10.5 Å². The fourth-order valence-electron chi connectivity index (χ4n) is 1.46. The summed E-state index contributed by atoms with van der Waals surface area (Å²) in [4.78, 5) is 19.3. The fourth-order valence-corrected chi connectivity index (χ4v) is 1.80. The van der Waals surface area contributed by atoms with Crippen LogP contribution in [0.25, 0.3) is 11.1 Å². The number of benzene rings is 1. The summed E-state index contributed by atoms with van der Waals surface area (Å²) >= 11 is 1.32. The van der Waals surface area contributed by atoms with E-state index in [1.54, 1.807) is 6.20 Å². The van der Waals surface area contributed by atoms with Gasteiger partial charge in [0.25, 0.3) is 0 Å². The number of hydrogen-bond acceptors (Lipinski definition) is 4. The molecule has 1 aromatic carbocycles. The molecule has 0 fully saturated rings. The maximum atomic E-state index is 11.2. The maximum absolute atomic E-state index is 11.2. The molecule has 0 aliphatic heterocycles. The summed E-state index contributed by atoms with van der Waals surface area (Å²) in [5, 5.41) is 9.61. The molecule has 86 valence electrons. The van der Waals surface area contributed by atoms with Crippen LogP contribution in [0, 0.1) is 0 Å². The average Bonchev–Trinajstić information content (AvgIpc) is 2.39. The molecule has 0 saturated carbocycles. The molecule has 0 bridgehead atoms. The molecule has 5 heteroatoms. The predicted octanol–water partition coefficient (Wildman–Crippen LogP) is 2.56. The Kier molecular flexibility index (Phi) is 3.39. The van der Waals surface area contributed by atoms with E-state index >= 15 is 0 Å². The SMILES string of the molecule is CSc1ncc(-c2ccccc2)c(C(=O)O)n1. The summed E-state index contributed by atoms with van der Waals surface area (Å²) in [6.45, 7) is 0. The number of hydrogen-bond donors (Lipinski definition) is 1. The van der Waals surface area contributed by atoms with Gasteiger partial charge in [0.05, 0.1) is 0 Å². The number of carboxylic acids is 1. The van der Waals surface area contributed by atoms with Gasteiger partial charge in [-0.25, -0.2) is 14.8 Å². The molecule has 4 nitrogen and oxygen atoms in total. The Morgan fingerprint density at radius 3 is 2.59 bits per heavy atom. The Balaban J connectivity index is 2.58. The van der Waals surface area contributed by atoms with Crippen molar-refractivity contribution in [1.82, 2.24) is 9.97 Å². The molecule has 17 heavy (non-hydrogen) atoms. The van der Waals surface area contributed by atoms with Crippen LogP contribution in [0.5, 0.6) is 0 Å². The van der Waals surface area contributed by atoms with Gasteiger partial charge in [0.1, 0.15) is 0 Å². The monoisotopic (exact) mass is 246 g/mol. The van der Waals surface area contributed by atoms with Crippen molar-refractivity contribution >= 4 is 17.7 Å². The molecule has 0 saturated heterocycles. The van der Waals surface area contributed by atoms with Crippen molar-refractivity contribution in [2.24, 2.45) is 0 Å². The van der Waals surface area contributed by atoms with Crippen molar-refractivity contribution in [3.63, 3.8) is 0 Å². The molecule has 0 amide bonds. The zero-order valence-corrected chi connectivity index (χ0v) is 9.94. The first-order chi connectivity index (χ1) is 8.22. The van der Waals surface area contributed by atoms with Crippen LogP contribution in [0.15, 0.2) is 41.7 Å². The predicted molar refractivity (Wildman–Crippen MR) is 66.2 cm³/mol. The normalized spacial score (nSPS) is 10.2. The summed E-state index contributed by atoms with van der Waals surface area (Å²) in [5.74, 6) is -1.04. The van der Waals surface area contributed by atoms with Gasteiger partial charge in [-0.15, -0.1) is 0 Å². The smallest absolute Gasteiger partial charge is 0.355 e. The lowest BCUT2D eigenvalue weighted by atomic mass is 10.1. The average molecular weight is 246 g/mol.